The Balaban J connectivity index is 1.79. The minimum atomic E-state index is -0.629. The zero-order valence-electron chi connectivity index (χ0n) is 21.5. The number of carbonyl (C=O) groups is 3. The molecule has 8 nitrogen and oxygen atoms in total. The first-order valence-corrected chi connectivity index (χ1v) is 13.4. The highest BCUT2D eigenvalue weighted by molar-refractivity contribution is 9.10. The van der Waals surface area contributed by atoms with Crippen LogP contribution in [0.15, 0.2) is 53.0 Å². The fraction of sp³-hybridized carbons (Fsp3) is 0.250. The second-order valence-electron chi connectivity index (χ2n) is 7.83. The van der Waals surface area contributed by atoms with Crippen LogP contribution < -0.4 is 14.8 Å². The number of halogens is 1. The van der Waals surface area contributed by atoms with Crippen molar-refractivity contribution in [2.75, 3.05) is 25.6 Å². The molecule has 0 atom stereocenters. The summed E-state index contributed by atoms with van der Waals surface area (Å²) in [5.74, 6) is -0.656. The molecule has 1 heterocycles. The molecule has 0 radical (unpaired) electrons. The molecule has 0 aliphatic rings. The summed E-state index contributed by atoms with van der Waals surface area (Å²) in [5, 5.41) is 2.90. The Morgan fingerprint density at radius 2 is 1.71 bits per heavy atom. The van der Waals surface area contributed by atoms with E-state index in [1.165, 1.54) is 13.2 Å². The number of nitrogens with one attached hydrogen (secondary N) is 1. The van der Waals surface area contributed by atoms with Crippen LogP contribution in [0.4, 0.5) is 5.00 Å². The highest BCUT2D eigenvalue weighted by Gasteiger charge is 2.27. The van der Waals surface area contributed by atoms with E-state index < -0.39 is 17.8 Å². The second-order valence-corrected chi connectivity index (χ2v) is 9.71. The number of benzene rings is 2. The van der Waals surface area contributed by atoms with Crippen LogP contribution in [0, 0.1) is 6.92 Å². The van der Waals surface area contributed by atoms with Crippen molar-refractivity contribution in [1.29, 1.82) is 0 Å². The number of hydrogen-bond acceptors (Lipinski definition) is 8. The monoisotopic (exact) mass is 601 g/mol. The standard InChI is InChI=1S/C28H28BrNO7S/c1-5-35-27(32)23-17(3)25(28(33)36-6-2)38-26(23)30-22(31)13-12-19-14-20(29)24(21(15-19)34-4)37-16-18-10-8-7-9-11-18/h7-15H,5-6,16H2,1-4H3,(H,30,31)/b13-12+. The van der Waals surface area contributed by atoms with E-state index in [1.807, 2.05) is 30.3 Å². The van der Waals surface area contributed by atoms with Crippen LogP contribution in [-0.2, 0) is 20.9 Å². The molecule has 10 heteroatoms. The van der Waals surface area contributed by atoms with Gasteiger partial charge in [-0.3, -0.25) is 4.79 Å². The zero-order chi connectivity index (χ0) is 27.7. The van der Waals surface area contributed by atoms with Crippen molar-refractivity contribution in [3.63, 3.8) is 0 Å². The molecule has 0 aliphatic heterocycles. The Hall–Kier alpha value is -3.63. The maximum absolute atomic E-state index is 12.8. The summed E-state index contributed by atoms with van der Waals surface area (Å²) >= 11 is 4.48. The fourth-order valence-electron chi connectivity index (χ4n) is 3.47. The topological polar surface area (TPSA) is 100 Å². The lowest BCUT2D eigenvalue weighted by atomic mass is 10.1. The Morgan fingerprint density at radius 1 is 1.03 bits per heavy atom. The molecule has 1 amide bonds. The number of ether oxygens (including phenoxy) is 4. The molecular formula is C28H28BrNO7S. The maximum Gasteiger partial charge on any atom is 0.348 e. The second kappa shape index (κ2) is 13.8. The molecule has 3 aromatic rings. The van der Waals surface area contributed by atoms with Crippen LogP contribution in [0.3, 0.4) is 0 Å². The van der Waals surface area contributed by atoms with E-state index in [9.17, 15) is 14.4 Å². The molecule has 1 N–H and O–H groups in total. The predicted octanol–water partition coefficient (Wildman–Crippen LogP) is 6.41. The lowest BCUT2D eigenvalue weighted by molar-refractivity contribution is -0.111. The lowest BCUT2D eigenvalue weighted by Gasteiger charge is -2.13. The third-order valence-electron chi connectivity index (χ3n) is 5.23. The number of hydrogen-bond donors (Lipinski definition) is 1. The summed E-state index contributed by atoms with van der Waals surface area (Å²) in [6.07, 6.45) is 2.92. The van der Waals surface area contributed by atoms with E-state index in [0.29, 0.717) is 33.7 Å². The van der Waals surface area contributed by atoms with Crippen LogP contribution in [0.1, 0.15) is 50.6 Å². The molecular weight excluding hydrogens is 574 g/mol. The molecule has 0 fully saturated rings. The normalized spacial score (nSPS) is 10.8. The Morgan fingerprint density at radius 3 is 2.37 bits per heavy atom. The van der Waals surface area contributed by atoms with Gasteiger partial charge in [-0.15, -0.1) is 11.3 Å². The average Bonchev–Trinajstić information content (AvgIpc) is 3.22. The molecule has 0 spiro atoms. The average molecular weight is 603 g/mol. The van der Waals surface area contributed by atoms with E-state index in [-0.39, 0.29) is 28.7 Å². The lowest BCUT2D eigenvalue weighted by Crippen LogP contribution is -2.13. The number of thiophene rings is 1. The summed E-state index contributed by atoms with van der Waals surface area (Å²) in [7, 11) is 1.54. The van der Waals surface area contributed by atoms with Crippen molar-refractivity contribution in [2.24, 2.45) is 0 Å². The SMILES string of the molecule is CCOC(=O)c1sc(NC(=O)/C=C/c2cc(Br)c(OCc3ccccc3)c(OC)c2)c(C(=O)OCC)c1C. The van der Waals surface area contributed by atoms with Gasteiger partial charge < -0.3 is 24.3 Å². The minimum absolute atomic E-state index is 0.131. The number of amides is 1. The van der Waals surface area contributed by atoms with E-state index in [4.69, 9.17) is 18.9 Å². The fourth-order valence-corrected chi connectivity index (χ4v) is 5.14. The Bertz CT molecular complexity index is 1330. The van der Waals surface area contributed by atoms with E-state index in [1.54, 1.807) is 39.0 Å². The molecule has 2 aromatic carbocycles. The van der Waals surface area contributed by atoms with E-state index in [0.717, 1.165) is 16.9 Å². The number of esters is 2. The largest absolute Gasteiger partial charge is 0.493 e. The summed E-state index contributed by atoms with van der Waals surface area (Å²) in [6.45, 7) is 5.69. The van der Waals surface area contributed by atoms with Gasteiger partial charge in [0.2, 0.25) is 5.91 Å². The van der Waals surface area contributed by atoms with E-state index in [2.05, 4.69) is 21.2 Å². The van der Waals surface area contributed by atoms with Crippen LogP contribution >= 0.6 is 27.3 Å². The molecule has 0 saturated heterocycles. The number of methoxy groups -OCH3 is 1. The molecule has 0 aliphatic carbocycles. The summed E-state index contributed by atoms with van der Waals surface area (Å²) in [6, 6.07) is 13.3. The molecule has 0 saturated carbocycles. The van der Waals surface area contributed by atoms with Gasteiger partial charge in [-0.25, -0.2) is 9.59 Å². The first-order valence-electron chi connectivity index (χ1n) is 11.8. The maximum atomic E-state index is 12.8. The van der Waals surface area contributed by atoms with Crippen molar-refractivity contribution in [2.45, 2.75) is 27.4 Å². The first-order chi connectivity index (χ1) is 18.3. The molecule has 0 unspecified atom stereocenters. The molecule has 3 rings (SSSR count). The smallest absolute Gasteiger partial charge is 0.348 e. The minimum Gasteiger partial charge on any atom is -0.493 e. The number of rotatable bonds is 11. The van der Waals surface area contributed by atoms with Crippen molar-refractivity contribution in [3.05, 3.63) is 80.1 Å². The quantitative estimate of drug-likeness (QED) is 0.200. The van der Waals surface area contributed by atoms with Gasteiger partial charge in [0.1, 0.15) is 16.5 Å². The summed E-state index contributed by atoms with van der Waals surface area (Å²) < 4.78 is 22.3. The zero-order valence-corrected chi connectivity index (χ0v) is 23.9. The van der Waals surface area contributed by atoms with E-state index >= 15 is 0 Å². The van der Waals surface area contributed by atoms with Gasteiger partial charge in [-0.05, 0) is 71.6 Å². The van der Waals surface area contributed by atoms with Crippen molar-refractivity contribution < 1.29 is 33.3 Å². The molecule has 1 aromatic heterocycles. The van der Waals surface area contributed by atoms with Gasteiger partial charge in [-0.1, -0.05) is 30.3 Å². The van der Waals surface area contributed by atoms with Gasteiger partial charge in [0.15, 0.2) is 11.5 Å². The van der Waals surface area contributed by atoms with Crippen molar-refractivity contribution in [1.82, 2.24) is 0 Å². The molecule has 200 valence electrons. The third-order valence-corrected chi connectivity index (χ3v) is 7.01. The van der Waals surface area contributed by atoms with Crippen molar-refractivity contribution >= 4 is 56.2 Å². The highest BCUT2D eigenvalue weighted by Crippen LogP contribution is 2.38. The van der Waals surface area contributed by atoms with Crippen LogP contribution in [0.2, 0.25) is 0 Å². The Labute approximate surface area is 233 Å². The van der Waals surface area contributed by atoms with Gasteiger partial charge in [0.25, 0.3) is 0 Å². The van der Waals surface area contributed by atoms with Crippen LogP contribution in [0.5, 0.6) is 11.5 Å². The van der Waals surface area contributed by atoms with Crippen molar-refractivity contribution in [3.8, 4) is 11.5 Å². The molecule has 0 bridgehead atoms. The first kappa shape index (κ1) is 28.9. The summed E-state index contributed by atoms with van der Waals surface area (Å²) in [4.78, 5) is 37.9. The van der Waals surface area contributed by atoms with Gasteiger partial charge in [-0.2, -0.15) is 0 Å². The molecule has 38 heavy (non-hydrogen) atoms. The van der Waals surface area contributed by atoms with Gasteiger partial charge >= 0.3 is 11.9 Å². The summed E-state index contributed by atoms with van der Waals surface area (Å²) in [5.41, 5.74) is 2.22. The highest BCUT2D eigenvalue weighted by atomic mass is 79.9. The third kappa shape index (κ3) is 7.23. The van der Waals surface area contributed by atoms with Crippen LogP contribution in [-0.4, -0.2) is 38.2 Å². The Kier molecular flexibility index (Phi) is 10.5. The van der Waals surface area contributed by atoms with Crippen LogP contribution in [0.25, 0.3) is 6.08 Å². The number of carbonyl (C=O) groups excluding carboxylic acids is 3. The predicted molar refractivity (Wildman–Crippen MR) is 150 cm³/mol. The van der Waals surface area contributed by atoms with Gasteiger partial charge in [0.05, 0.1) is 30.4 Å². The number of anilines is 1. The van der Waals surface area contributed by atoms with Gasteiger partial charge in [0, 0.05) is 6.08 Å².